The molecule has 1 heterocycles. The highest BCUT2D eigenvalue weighted by atomic mass is 32.2. The van der Waals surface area contributed by atoms with E-state index in [1.807, 2.05) is 35.2 Å². The van der Waals surface area contributed by atoms with Gasteiger partial charge in [0.2, 0.25) is 15.9 Å². The lowest BCUT2D eigenvalue weighted by Gasteiger charge is -2.36. The van der Waals surface area contributed by atoms with Crippen LogP contribution in [0.4, 0.5) is 0 Å². The van der Waals surface area contributed by atoms with Crippen molar-refractivity contribution >= 4 is 15.9 Å². The van der Waals surface area contributed by atoms with Gasteiger partial charge in [0.05, 0.1) is 11.8 Å². The molecule has 2 N–H and O–H groups in total. The van der Waals surface area contributed by atoms with Crippen LogP contribution in [-0.2, 0) is 21.2 Å². The molecule has 2 rings (SSSR count). The van der Waals surface area contributed by atoms with Crippen molar-refractivity contribution in [3.63, 3.8) is 0 Å². The first-order valence-corrected chi connectivity index (χ1v) is 9.56. The number of nitrogens with two attached hydrogens (primary N) is 1. The van der Waals surface area contributed by atoms with Crippen LogP contribution < -0.4 is 5.73 Å². The number of hydrogen-bond acceptors (Lipinski definition) is 4. The summed E-state index contributed by atoms with van der Waals surface area (Å²) in [7, 11) is -3.23. The summed E-state index contributed by atoms with van der Waals surface area (Å²) in [6, 6.07) is 9.55. The number of benzene rings is 1. The molecule has 0 saturated carbocycles. The van der Waals surface area contributed by atoms with Crippen LogP contribution in [0.1, 0.15) is 18.9 Å². The largest absolute Gasteiger partial charge is 0.368 e. The van der Waals surface area contributed by atoms with E-state index < -0.39 is 10.0 Å². The summed E-state index contributed by atoms with van der Waals surface area (Å²) in [5.41, 5.74) is 6.45. The van der Waals surface area contributed by atoms with Gasteiger partial charge in [-0.3, -0.25) is 9.69 Å². The molecule has 1 aromatic rings. The molecule has 0 bridgehead atoms. The zero-order chi connectivity index (χ0) is 16.9. The van der Waals surface area contributed by atoms with E-state index in [1.165, 1.54) is 4.31 Å². The number of carbonyl (C=O) groups excluding carboxylic acids is 1. The maximum Gasteiger partial charge on any atom is 0.234 e. The Labute approximate surface area is 138 Å². The molecule has 1 aromatic carbocycles. The number of carbonyl (C=O) groups is 1. The highest BCUT2D eigenvalue weighted by molar-refractivity contribution is 7.89. The Balaban J connectivity index is 1.81. The van der Waals surface area contributed by atoms with Gasteiger partial charge in [0.15, 0.2) is 0 Å². The Morgan fingerprint density at radius 1 is 1.17 bits per heavy atom. The number of rotatable bonds is 7. The van der Waals surface area contributed by atoms with Gasteiger partial charge in [-0.15, -0.1) is 0 Å². The lowest BCUT2D eigenvalue weighted by molar-refractivity contribution is -0.123. The highest BCUT2D eigenvalue weighted by Crippen LogP contribution is 2.12. The van der Waals surface area contributed by atoms with E-state index in [1.54, 1.807) is 6.92 Å². The third-order valence-electron chi connectivity index (χ3n) is 4.34. The molecule has 1 atom stereocenters. The van der Waals surface area contributed by atoms with Crippen molar-refractivity contribution in [3.8, 4) is 0 Å². The Bertz CT molecular complexity index is 611. The number of hydrogen-bond donors (Lipinski definition) is 1. The third-order valence-corrected chi connectivity index (χ3v) is 6.29. The smallest absolute Gasteiger partial charge is 0.234 e. The first kappa shape index (κ1) is 17.9. The number of nitrogens with zero attached hydrogens (tertiary/aromatic N) is 2. The zero-order valence-corrected chi connectivity index (χ0v) is 14.3. The van der Waals surface area contributed by atoms with Crippen LogP contribution in [0.3, 0.4) is 0 Å². The monoisotopic (exact) mass is 339 g/mol. The summed E-state index contributed by atoms with van der Waals surface area (Å²) >= 11 is 0. The summed E-state index contributed by atoms with van der Waals surface area (Å²) < 4.78 is 26.3. The minimum atomic E-state index is -3.23. The predicted octanol–water partition coefficient (Wildman–Crippen LogP) is 0.440. The van der Waals surface area contributed by atoms with Crippen molar-refractivity contribution < 1.29 is 13.2 Å². The second kappa shape index (κ2) is 7.90. The molecule has 0 aliphatic carbocycles. The van der Waals surface area contributed by atoms with Crippen molar-refractivity contribution in [1.82, 2.24) is 9.21 Å². The second-order valence-electron chi connectivity index (χ2n) is 5.92. The van der Waals surface area contributed by atoms with Crippen LogP contribution in [-0.4, -0.2) is 61.5 Å². The number of sulfonamides is 1. The van der Waals surface area contributed by atoms with Gasteiger partial charge >= 0.3 is 0 Å². The van der Waals surface area contributed by atoms with E-state index in [0.717, 1.165) is 12.0 Å². The fourth-order valence-electron chi connectivity index (χ4n) is 2.78. The van der Waals surface area contributed by atoms with Gasteiger partial charge in [-0.05, 0) is 25.3 Å². The lowest BCUT2D eigenvalue weighted by Crippen LogP contribution is -2.54. The molecule has 1 amide bonds. The number of primary amides is 1. The van der Waals surface area contributed by atoms with Gasteiger partial charge < -0.3 is 5.73 Å². The molecule has 1 unspecified atom stereocenters. The molecule has 6 nitrogen and oxygen atoms in total. The quantitative estimate of drug-likeness (QED) is 0.781. The van der Waals surface area contributed by atoms with E-state index >= 15 is 0 Å². The van der Waals surface area contributed by atoms with Crippen molar-refractivity contribution in [2.45, 2.75) is 25.8 Å². The normalized spacial score (nSPS) is 18.7. The maximum absolute atomic E-state index is 12.4. The molecule has 1 aliphatic rings. The zero-order valence-electron chi connectivity index (χ0n) is 13.5. The molecular formula is C16H25N3O3S. The van der Waals surface area contributed by atoms with E-state index in [2.05, 4.69) is 0 Å². The Hall–Kier alpha value is -1.44. The van der Waals surface area contributed by atoms with Gasteiger partial charge in [-0.2, -0.15) is 4.31 Å². The van der Waals surface area contributed by atoms with E-state index in [9.17, 15) is 13.2 Å². The summed E-state index contributed by atoms with van der Waals surface area (Å²) in [6.45, 7) is 3.69. The summed E-state index contributed by atoms with van der Waals surface area (Å²) in [6.07, 6.45) is 1.38. The SMILES string of the molecule is CC(C(N)=O)N1CCN(S(=O)(=O)CCCc2ccccc2)CC1. The molecule has 128 valence electrons. The molecule has 1 saturated heterocycles. The number of piperazine rings is 1. The first-order valence-electron chi connectivity index (χ1n) is 7.95. The predicted molar refractivity (Wildman–Crippen MR) is 90.4 cm³/mol. The van der Waals surface area contributed by atoms with Crippen molar-refractivity contribution in [3.05, 3.63) is 35.9 Å². The summed E-state index contributed by atoms with van der Waals surface area (Å²) in [4.78, 5) is 13.1. The van der Waals surface area contributed by atoms with Crippen molar-refractivity contribution in [2.75, 3.05) is 31.9 Å². The van der Waals surface area contributed by atoms with Crippen LogP contribution in [0, 0.1) is 0 Å². The van der Waals surface area contributed by atoms with Crippen LogP contribution in [0.5, 0.6) is 0 Å². The molecule has 1 fully saturated rings. The number of aryl methyl sites for hydroxylation is 1. The van der Waals surface area contributed by atoms with Gasteiger partial charge in [0.1, 0.15) is 0 Å². The van der Waals surface area contributed by atoms with Crippen LogP contribution >= 0.6 is 0 Å². The average Bonchev–Trinajstić information content (AvgIpc) is 2.55. The molecule has 0 radical (unpaired) electrons. The Morgan fingerprint density at radius 3 is 2.35 bits per heavy atom. The summed E-state index contributed by atoms with van der Waals surface area (Å²) in [5.74, 6) is -0.211. The van der Waals surface area contributed by atoms with Crippen molar-refractivity contribution in [1.29, 1.82) is 0 Å². The van der Waals surface area contributed by atoms with Crippen LogP contribution in [0.2, 0.25) is 0 Å². The standard InChI is InChI=1S/C16H25N3O3S/c1-14(16(17)20)18-9-11-19(12-10-18)23(21,22)13-5-8-15-6-3-2-4-7-15/h2-4,6-7,14H,5,8-13H2,1H3,(H2,17,20). The molecular weight excluding hydrogens is 314 g/mol. The topological polar surface area (TPSA) is 83.7 Å². The first-order chi connectivity index (χ1) is 10.9. The highest BCUT2D eigenvalue weighted by Gasteiger charge is 2.29. The minimum Gasteiger partial charge on any atom is -0.368 e. The summed E-state index contributed by atoms with van der Waals surface area (Å²) in [5, 5.41) is 0. The fraction of sp³-hybridized carbons (Fsp3) is 0.562. The number of amides is 1. The molecule has 7 heteroatoms. The molecule has 0 aromatic heterocycles. The van der Waals surface area contributed by atoms with E-state index in [4.69, 9.17) is 5.73 Å². The molecule has 1 aliphatic heterocycles. The molecule has 23 heavy (non-hydrogen) atoms. The molecule has 0 spiro atoms. The van der Waals surface area contributed by atoms with Gasteiger partial charge in [0, 0.05) is 26.2 Å². The van der Waals surface area contributed by atoms with Crippen molar-refractivity contribution in [2.24, 2.45) is 5.73 Å². The average molecular weight is 339 g/mol. The van der Waals surface area contributed by atoms with Gasteiger partial charge in [-0.1, -0.05) is 30.3 Å². The van der Waals surface area contributed by atoms with Gasteiger partial charge in [-0.25, -0.2) is 8.42 Å². The second-order valence-corrected chi connectivity index (χ2v) is 8.01. The van der Waals surface area contributed by atoms with E-state index in [0.29, 0.717) is 32.6 Å². The third kappa shape index (κ3) is 5.02. The van der Waals surface area contributed by atoms with E-state index in [-0.39, 0.29) is 17.7 Å². The lowest BCUT2D eigenvalue weighted by atomic mass is 10.1. The fourth-order valence-corrected chi connectivity index (χ4v) is 4.27. The van der Waals surface area contributed by atoms with Gasteiger partial charge in [0.25, 0.3) is 0 Å². The maximum atomic E-state index is 12.4. The minimum absolute atomic E-state index is 0.160. The van der Waals surface area contributed by atoms with Crippen LogP contribution in [0.25, 0.3) is 0 Å². The van der Waals surface area contributed by atoms with Crippen LogP contribution in [0.15, 0.2) is 30.3 Å². The Kier molecular flexibility index (Phi) is 6.15. The Morgan fingerprint density at radius 2 is 1.78 bits per heavy atom.